The molecule has 0 radical (unpaired) electrons. The van der Waals surface area contributed by atoms with Gasteiger partial charge >= 0.3 is 258 Å². The van der Waals surface area contributed by atoms with E-state index in [0.717, 1.165) is 21.8 Å². The molecule has 0 saturated heterocycles. The molecule has 0 aromatic heterocycles. The maximum absolute atomic E-state index is 13.2. The monoisotopic (exact) mass is 2380 g/mol. The van der Waals surface area contributed by atoms with Gasteiger partial charge in [-0.1, -0.05) is 146 Å². The Labute approximate surface area is 886 Å². The van der Waals surface area contributed by atoms with Crippen LogP contribution in [0.4, 0.5) is 79.0 Å². The van der Waals surface area contributed by atoms with Crippen molar-refractivity contribution in [2.75, 3.05) is 0 Å². The molecule has 12 nitrogen and oxygen atoms in total. The Bertz CT molecular complexity index is 6210. The van der Waals surface area contributed by atoms with Crippen LogP contribution in [0.5, 0.6) is 0 Å². The summed E-state index contributed by atoms with van der Waals surface area (Å²) < 4.78 is 218. The summed E-state index contributed by atoms with van der Waals surface area (Å²) in [6.45, 7) is 1.97. The standard InChI is InChI=1S/C18H12F3S.C18H14FS.2C18H15S.C12H8F2I.C12H10I.6C3H4F2O2/c19-13-1-7-16(8-2-13)22(17-9-3-14(20)4-10-17)18-11-5-15(21)6-12-18;19-13-9-11-14(12-10-13)20-17-7-3-1-5-15(17)16-6-2-4-8-18(16)20;1-2-8-14(9-3-1)19-17-12-6-4-10-15(17)16-11-5-7-13-18(16)19;1-4-10-16(11-5-1)19(17-12-6-2-7-13-17)18-14-8-3-9-15-18;13-9-1-5-11(6-2-9)15-12-7-3-10(14)4-8-12;1-3-7-11(8-4-1)13-12-9-5-2-6-10-12;6*1-3(4,5)2(6)7/h1-12H;1-12,15,17H;1-13,15,17H;1-15H;1-8H;1-10H;6*1H3,(H,6,7)/q4*+1;2*-1;;;;;;. The van der Waals surface area contributed by atoms with Gasteiger partial charge in [-0.15, -0.1) is 0 Å². The second-order valence-corrected chi connectivity index (χ2v) is 46.1. The van der Waals surface area contributed by atoms with Crippen molar-refractivity contribution in [3.8, 4) is 0 Å². The molecule has 0 fully saturated rings. The van der Waals surface area contributed by atoms with Gasteiger partial charge in [-0.2, -0.15) is 52.7 Å². The third-order valence-corrected chi connectivity index (χ3v) is 34.7. The molecule has 14 aromatic carbocycles. The smallest absolute Gasteiger partial charge is 0.0619 e. The Kier molecular flexibility index (Phi) is 49.1. The molecule has 788 valence electrons. The summed E-state index contributed by atoms with van der Waals surface area (Å²) in [5, 5.41) is 46.1. The van der Waals surface area contributed by atoms with Crippen molar-refractivity contribution in [3.63, 3.8) is 0 Å². The molecule has 6 N–H and O–H groups in total. The largest absolute Gasteiger partial charge is 0.166 e. The molecule has 4 aliphatic rings. The van der Waals surface area contributed by atoms with Crippen LogP contribution in [0.1, 0.15) is 64.5 Å². The van der Waals surface area contributed by atoms with Gasteiger partial charge < -0.3 is 30.6 Å². The summed E-state index contributed by atoms with van der Waals surface area (Å²) in [6.07, 6.45) is 18.0. The first-order valence-corrected chi connectivity index (χ1v) is 53.7. The predicted octanol–water partition coefficient (Wildman–Crippen LogP) is 23.0. The Morgan fingerprint density at radius 1 is 0.227 bits per heavy atom. The van der Waals surface area contributed by atoms with E-state index in [1.54, 1.807) is 72.8 Å². The Hall–Kier alpha value is -13.5. The van der Waals surface area contributed by atoms with Crippen molar-refractivity contribution in [2.45, 2.75) is 148 Å². The Balaban J connectivity index is 0.000000227. The summed E-state index contributed by atoms with van der Waals surface area (Å²) in [5.41, 5.74) is 2.94. The average Bonchev–Trinajstić information content (AvgIpc) is 1.60. The number of hydrogen-bond donors (Lipinski definition) is 6. The fraction of sp³-hybridized carbons (Fsp3) is 0.140. The number of carbonyl (C=O) groups is 6. The molecule has 2 heterocycles. The molecule has 0 amide bonds. The van der Waals surface area contributed by atoms with Crippen LogP contribution in [-0.2, 0) is 72.3 Å². The summed E-state index contributed by atoms with van der Waals surface area (Å²) in [6, 6.07) is 121. The first kappa shape index (κ1) is 123. The van der Waals surface area contributed by atoms with Crippen LogP contribution in [0.25, 0.3) is 0 Å². The quantitative estimate of drug-likeness (QED) is 0.0268. The fourth-order valence-corrected chi connectivity index (χ4v) is 26.6. The van der Waals surface area contributed by atoms with E-state index in [2.05, 4.69) is 279 Å². The molecule has 2 aliphatic carbocycles. The summed E-state index contributed by atoms with van der Waals surface area (Å²) in [5.74, 6) is -34.6. The molecule has 0 bridgehead atoms. The molecule has 14 aromatic rings. The first-order chi connectivity index (χ1) is 70.7. The zero-order valence-electron chi connectivity index (χ0n) is 80.0. The molecule has 150 heavy (non-hydrogen) atoms. The Morgan fingerprint density at radius 2 is 0.400 bits per heavy atom. The number of carboxylic acid groups (broad SMARTS) is 6. The molecule has 6 atom stereocenters. The number of fused-ring (bicyclic) bond motifs is 6. The molecular weight excluding hydrogens is 2290 g/mol. The number of alkyl halides is 12. The molecule has 0 spiro atoms. The minimum Gasteiger partial charge on any atom is -0.0619 e. The van der Waals surface area contributed by atoms with Crippen molar-refractivity contribution >= 4 is 79.4 Å². The topological polar surface area (TPSA) is 224 Å². The zero-order chi connectivity index (χ0) is 111. The first-order valence-electron chi connectivity index (χ1n) is 44.4. The van der Waals surface area contributed by atoms with Gasteiger partial charge in [-0.05, 0) is 170 Å². The van der Waals surface area contributed by atoms with Gasteiger partial charge in [0.1, 0.15) is 23.3 Å². The van der Waals surface area contributed by atoms with Crippen LogP contribution in [0.15, 0.2) is 474 Å². The Morgan fingerprint density at radius 3 is 0.633 bits per heavy atom. The third kappa shape index (κ3) is 42.1. The van der Waals surface area contributed by atoms with Gasteiger partial charge in [0, 0.05) is 52.7 Å². The van der Waals surface area contributed by atoms with E-state index in [-0.39, 0.29) is 110 Å². The summed E-state index contributed by atoms with van der Waals surface area (Å²) >= 11 is -0.302. The van der Waals surface area contributed by atoms with Crippen molar-refractivity contribution < 1.29 is 181 Å². The predicted molar refractivity (Wildman–Crippen MR) is 536 cm³/mol. The third-order valence-electron chi connectivity index (χ3n) is 19.7. The van der Waals surface area contributed by atoms with Gasteiger partial charge in [0.05, 0.1) is 55.4 Å². The number of carboxylic acids is 6. The van der Waals surface area contributed by atoms with Crippen LogP contribution >= 0.6 is 0 Å². The van der Waals surface area contributed by atoms with E-state index in [0.29, 0.717) is 63.9 Å². The molecule has 0 saturated carbocycles. The summed E-state index contributed by atoms with van der Waals surface area (Å²) in [4.78, 5) is 68.0. The number of aliphatic carboxylic acids is 6. The second kappa shape index (κ2) is 59.7. The van der Waals surface area contributed by atoms with Crippen LogP contribution in [-0.4, -0.2) is 112 Å². The second-order valence-electron chi connectivity index (χ2n) is 31.8. The van der Waals surface area contributed by atoms with Crippen LogP contribution < -0.4 is 42.4 Å². The van der Waals surface area contributed by atoms with Gasteiger partial charge in [0.15, 0.2) is 59.5 Å². The fourth-order valence-electron chi connectivity index (χ4n) is 12.5. The van der Waals surface area contributed by atoms with E-state index in [9.17, 15) is 108 Å². The minimum atomic E-state index is -3.58. The maximum atomic E-state index is 13.2. The van der Waals surface area contributed by atoms with Crippen molar-refractivity contribution in [3.05, 3.63) is 485 Å². The molecule has 2 aliphatic heterocycles. The van der Waals surface area contributed by atoms with Crippen molar-refractivity contribution in [2.24, 2.45) is 0 Å². The molecule has 18 rings (SSSR count). The van der Waals surface area contributed by atoms with Gasteiger partial charge in [0.2, 0.25) is 0 Å². The van der Waals surface area contributed by atoms with E-state index in [1.807, 2.05) is 12.1 Å². The van der Waals surface area contributed by atoms with E-state index >= 15 is 0 Å². The van der Waals surface area contributed by atoms with Gasteiger partial charge in [-0.25, -0.2) is 46.3 Å². The van der Waals surface area contributed by atoms with Crippen LogP contribution in [0.2, 0.25) is 0 Å². The summed E-state index contributed by atoms with van der Waals surface area (Å²) in [7, 11) is -0.369. The average molecular weight is 2380 g/mol. The number of benzene rings is 14. The molecular formula is C114H98F18I2O12S4+2. The normalized spacial score (nSPS) is 15.0. The molecule has 6 unspecified atom stereocenters. The maximum Gasteiger partial charge on any atom is 0.166 e. The number of halogens is 20. The van der Waals surface area contributed by atoms with E-state index in [4.69, 9.17) is 30.6 Å². The van der Waals surface area contributed by atoms with Crippen molar-refractivity contribution in [1.82, 2.24) is 0 Å². The zero-order valence-corrected chi connectivity index (χ0v) is 87.6. The van der Waals surface area contributed by atoms with Crippen LogP contribution in [0, 0.1) is 49.2 Å². The molecule has 36 heteroatoms. The van der Waals surface area contributed by atoms with Crippen molar-refractivity contribution in [1.29, 1.82) is 0 Å². The van der Waals surface area contributed by atoms with E-state index in [1.165, 1.54) is 113 Å². The SMILES string of the molecule is C1=CC2c3ccccc3[S+](c3ccccc3)C2C=C1.CC(F)(F)C(=O)O.CC(F)(F)C(=O)O.CC(F)(F)C(=O)O.CC(F)(F)C(=O)O.CC(F)(F)C(=O)O.CC(F)(F)C(=O)O.Fc1ccc([I-]c2ccc(F)cc2)cc1.Fc1ccc([S+](c2ccc(F)cc2)c2ccc(F)cc2)cc1.Fc1ccc([S+]2c3ccccc3C3C=CC=CC32)cc1.c1ccc([I-]c2ccccc2)cc1.c1ccc([S+](c2ccccc2)c2ccccc2)cc1. The minimum absolute atomic E-state index is 0.00488. The number of allylic oxidation sites excluding steroid dienone is 6. The number of hydrogen-bond acceptors (Lipinski definition) is 6. The van der Waals surface area contributed by atoms with E-state index < -0.39 is 82.2 Å². The van der Waals surface area contributed by atoms with Crippen LogP contribution in [0.3, 0.4) is 0 Å². The van der Waals surface area contributed by atoms with Gasteiger partial charge in [-0.3, -0.25) is 0 Å². The number of rotatable bonds is 18. The van der Waals surface area contributed by atoms with Gasteiger partial charge in [0.25, 0.3) is 0 Å².